The SMILES string of the molecule is Cc1ccc(NS(=O)(=O)c2ccsc2C(=O)NC(C)c2ccc(N3CCOCC3)cc2)cc1. The minimum atomic E-state index is -3.89. The number of thiophene rings is 1. The molecule has 174 valence electrons. The number of carbonyl (C=O) groups is 1. The number of sulfonamides is 1. The molecule has 1 amide bonds. The van der Waals surface area contributed by atoms with Gasteiger partial charge in [0.25, 0.3) is 15.9 Å². The summed E-state index contributed by atoms with van der Waals surface area (Å²) >= 11 is 1.11. The molecule has 2 N–H and O–H groups in total. The molecular weight excluding hydrogens is 458 g/mol. The minimum absolute atomic E-state index is 0.0274. The smallest absolute Gasteiger partial charge is 0.263 e. The Morgan fingerprint density at radius 3 is 2.36 bits per heavy atom. The Morgan fingerprint density at radius 1 is 1.03 bits per heavy atom. The van der Waals surface area contributed by atoms with Gasteiger partial charge in [0.1, 0.15) is 9.77 Å². The van der Waals surface area contributed by atoms with E-state index in [1.165, 1.54) is 6.07 Å². The molecule has 1 fully saturated rings. The predicted molar refractivity (Wildman–Crippen MR) is 132 cm³/mol. The van der Waals surface area contributed by atoms with E-state index in [1.807, 2.05) is 50.2 Å². The molecule has 7 nitrogen and oxygen atoms in total. The molecule has 0 aliphatic carbocycles. The van der Waals surface area contributed by atoms with Crippen LogP contribution in [-0.4, -0.2) is 40.6 Å². The molecule has 3 aromatic rings. The van der Waals surface area contributed by atoms with Gasteiger partial charge in [0.05, 0.1) is 19.3 Å². The summed E-state index contributed by atoms with van der Waals surface area (Å²) in [5.41, 5.74) is 3.54. The largest absolute Gasteiger partial charge is 0.378 e. The molecule has 1 atom stereocenters. The van der Waals surface area contributed by atoms with Crippen molar-refractivity contribution in [1.29, 1.82) is 0 Å². The maximum Gasteiger partial charge on any atom is 0.263 e. The molecule has 2 heterocycles. The highest BCUT2D eigenvalue weighted by atomic mass is 32.2. The Bertz CT molecular complexity index is 1200. The number of anilines is 2. The van der Waals surface area contributed by atoms with Gasteiger partial charge in [-0.1, -0.05) is 29.8 Å². The summed E-state index contributed by atoms with van der Waals surface area (Å²) in [7, 11) is -3.89. The number of hydrogen-bond donors (Lipinski definition) is 2. The number of aryl methyl sites for hydroxylation is 1. The van der Waals surface area contributed by atoms with E-state index in [2.05, 4.69) is 14.9 Å². The van der Waals surface area contributed by atoms with Gasteiger partial charge in [-0.3, -0.25) is 9.52 Å². The lowest BCUT2D eigenvalue weighted by Gasteiger charge is -2.29. The summed E-state index contributed by atoms with van der Waals surface area (Å²) in [6.45, 7) is 6.97. The van der Waals surface area contributed by atoms with Crippen molar-refractivity contribution in [3.63, 3.8) is 0 Å². The first-order valence-corrected chi connectivity index (χ1v) is 13.1. The third-order valence-electron chi connectivity index (χ3n) is 5.55. The van der Waals surface area contributed by atoms with Crippen LogP contribution in [0.1, 0.15) is 33.8 Å². The van der Waals surface area contributed by atoms with Crippen molar-refractivity contribution in [2.45, 2.75) is 24.8 Å². The zero-order chi connectivity index (χ0) is 23.4. The second kappa shape index (κ2) is 9.94. The van der Waals surface area contributed by atoms with Gasteiger partial charge in [-0.15, -0.1) is 11.3 Å². The van der Waals surface area contributed by atoms with E-state index >= 15 is 0 Å². The predicted octanol–water partition coefficient (Wildman–Crippen LogP) is 4.18. The molecule has 1 unspecified atom stereocenters. The molecule has 4 rings (SSSR count). The lowest BCUT2D eigenvalue weighted by molar-refractivity contribution is 0.0941. The molecule has 0 spiro atoms. The number of morpholine rings is 1. The van der Waals surface area contributed by atoms with Crippen LogP contribution in [0.5, 0.6) is 0 Å². The minimum Gasteiger partial charge on any atom is -0.378 e. The van der Waals surface area contributed by atoms with Gasteiger partial charge in [0.15, 0.2) is 0 Å². The van der Waals surface area contributed by atoms with Gasteiger partial charge in [-0.2, -0.15) is 0 Å². The standard InChI is InChI=1S/C24H27N3O4S2/c1-17-3-7-20(8-4-17)26-33(29,30)22-11-16-32-23(22)24(28)25-18(2)19-5-9-21(10-6-19)27-12-14-31-15-13-27/h3-11,16,18,26H,12-15H2,1-2H3,(H,25,28). The van der Waals surface area contributed by atoms with Gasteiger partial charge in [-0.25, -0.2) is 8.42 Å². The van der Waals surface area contributed by atoms with Crippen LogP contribution in [0.2, 0.25) is 0 Å². The van der Waals surface area contributed by atoms with E-state index < -0.39 is 15.9 Å². The summed E-state index contributed by atoms with van der Waals surface area (Å²) in [4.78, 5) is 15.3. The highest BCUT2D eigenvalue weighted by molar-refractivity contribution is 7.93. The zero-order valence-corrected chi connectivity index (χ0v) is 20.2. The first-order chi connectivity index (χ1) is 15.8. The number of benzene rings is 2. The topological polar surface area (TPSA) is 87.7 Å². The average Bonchev–Trinajstić information content (AvgIpc) is 3.33. The van der Waals surface area contributed by atoms with Crippen molar-refractivity contribution < 1.29 is 17.9 Å². The van der Waals surface area contributed by atoms with E-state index in [-0.39, 0.29) is 15.8 Å². The summed E-state index contributed by atoms with van der Waals surface area (Å²) in [6, 6.07) is 16.3. The average molecular weight is 486 g/mol. The van der Waals surface area contributed by atoms with Crippen molar-refractivity contribution in [2.24, 2.45) is 0 Å². The number of hydrogen-bond acceptors (Lipinski definition) is 6. The number of amides is 1. The molecule has 1 aromatic heterocycles. The maximum absolute atomic E-state index is 13.0. The highest BCUT2D eigenvalue weighted by Gasteiger charge is 2.25. The third kappa shape index (κ3) is 5.55. The second-order valence-corrected chi connectivity index (χ2v) is 10.5. The second-order valence-electron chi connectivity index (χ2n) is 7.97. The molecule has 9 heteroatoms. The summed E-state index contributed by atoms with van der Waals surface area (Å²) in [6.07, 6.45) is 0. The van der Waals surface area contributed by atoms with Gasteiger partial charge >= 0.3 is 0 Å². The lowest BCUT2D eigenvalue weighted by Crippen LogP contribution is -2.36. The fourth-order valence-corrected chi connectivity index (χ4v) is 6.04. The molecule has 2 aromatic carbocycles. The maximum atomic E-state index is 13.0. The quantitative estimate of drug-likeness (QED) is 0.524. The van der Waals surface area contributed by atoms with Gasteiger partial charge in [0, 0.05) is 24.5 Å². The van der Waals surface area contributed by atoms with Crippen molar-refractivity contribution in [3.05, 3.63) is 76.0 Å². The fraction of sp³-hybridized carbons (Fsp3) is 0.292. The molecular formula is C24H27N3O4S2. The zero-order valence-electron chi connectivity index (χ0n) is 18.6. The molecule has 33 heavy (non-hydrogen) atoms. The van der Waals surface area contributed by atoms with E-state index in [1.54, 1.807) is 17.5 Å². The van der Waals surface area contributed by atoms with Crippen LogP contribution in [-0.2, 0) is 14.8 Å². The van der Waals surface area contributed by atoms with Crippen LogP contribution in [0.25, 0.3) is 0 Å². The first-order valence-electron chi connectivity index (χ1n) is 10.7. The Kier molecular flexibility index (Phi) is 7.02. The molecule has 1 aliphatic heterocycles. The van der Waals surface area contributed by atoms with Crippen LogP contribution in [0, 0.1) is 6.92 Å². The monoisotopic (exact) mass is 485 g/mol. The Morgan fingerprint density at radius 2 is 1.70 bits per heavy atom. The molecule has 1 aliphatic rings. The van der Waals surface area contributed by atoms with E-state index in [4.69, 9.17) is 4.74 Å². The molecule has 0 radical (unpaired) electrons. The molecule has 0 bridgehead atoms. The van der Waals surface area contributed by atoms with Crippen LogP contribution >= 0.6 is 11.3 Å². The first kappa shape index (κ1) is 23.3. The van der Waals surface area contributed by atoms with E-state index in [0.29, 0.717) is 5.69 Å². The Balaban J connectivity index is 1.44. The van der Waals surface area contributed by atoms with Crippen molar-refractivity contribution in [1.82, 2.24) is 5.32 Å². The summed E-state index contributed by atoms with van der Waals surface area (Å²) in [5, 5.41) is 4.54. The lowest BCUT2D eigenvalue weighted by atomic mass is 10.1. The molecule has 0 saturated carbocycles. The van der Waals surface area contributed by atoms with Crippen LogP contribution < -0.4 is 14.9 Å². The number of nitrogens with zero attached hydrogens (tertiary/aromatic N) is 1. The normalized spacial score (nSPS) is 15.2. The summed E-state index contributed by atoms with van der Waals surface area (Å²) < 4.78 is 33.8. The Labute approximate surface area is 198 Å². The van der Waals surface area contributed by atoms with Crippen molar-refractivity contribution in [2.75, 3.05) is 35.9 Å². The van der Waals surface area contributed by atoms with E-state index in [0.717, 1.165) is 54.5 Å². The van der Waals surface area contributed by atoms with Crippen LogP contribution in [0.4, 0.5) is 11.4 Å². The third-order valence-corrected chi connectivity index (χ3v) is 8.01. The fourth-order valence-electron chi connectivity index (χ4n) is 3.65. The molecule has 1 saturated heterocycles. The van der Waals surface area contributed by atoms with Gasteiger partial charge in [-0.05, 0) is 55.1 Å². The van der Waals surface area contributed by atoms with Crippen molar-refractivity contribution >= 4 is 38.6 Å². The van der Waals surface area contributed by atoms with Gasteiger partial charge < -0.3 is 15.0 Å². The number of ether oxygens (including phenoxy) is 1. The van der Waals surface area contributed by atoms with Crippen molar-refractivity contribution in [3.8, 4) is 0 Å². The van der Waals surface area contributed by atoms with Gasteiger partial charge in [0.2, 0.25) is 0 Å². The van der Waals surface area contributed by atoms with Crippen LogP contribution in [0.3, 0.4) is 0 Å². The number of nitrogens with one attached hydrogen (secondary N) is 2. The Hall–Kier alpha value is -2.88. The van der Waals surface area contributed by atoms with Crippen LogP contribution in [0.15, 0.2) is 64.9 Å². The number of carbonyl (C=O) groups excluding carboxylic acids is 1. The van der Waals surface area contributed by atoms with E-state index in [9.17, 15) is 13.2 Å². The summed E-state index contributed by atoms with van der Waals surface area (Å²) in [5.74, 6) is -0.418. The highest BCUT2D eigenvalue weighted by Crippen LogP contribution is 2.26. The number of rotatable bonds is 7.